The molecule has 0 bridgehead atoms. The second kappa shape index (κ2) is 8.93. The van der Waals surface area contributed by atoms with E-state index in [1.165, 1.54) is 12.8 Å². The minimum atomic E-state index is 0.809. The Morgan fingerprint density at radius 1 is 1.19 bits per heavy atom. The van der Waals surface area contributed by atoms with Crippen molar-refractivity contribution in [2.75, 3.05) is 53.1 Å². The van der Waals surface area contributed by atoms with E-state index in [2.05, 4.69) is 10.2 Å². The van der Waals surface area contributed by atoms with Crippen molar-refractivity contribution in [2.24, 2.45) is 0 Å². The van der Waals surface area contributed by atoms with E-state index in [4.69, 9.17) is 9.47 Å². The van der Waals surface area contributed by atoms with Crippen LogP contribution in [0.3, 0.4) is 0 Å². The molecule has 0 amide bonds. The van der Waals surface area contributed by atoms with Gasteiger partial charge in [0.25, 0.3) is 0 Å². The van der Waals surface area contributed by atoms with Gasteiger partial charge in [-0.25, -0.2) is 0 Å². The standard InChI is InChI=1S/C12H26N2O2/c1-3-16-10-7-13-6-8-14(9-11-15-2)12-4-5-12/h12-13H,3-11H2,1-2H3. The summed E-state index contributed by atoms with van der Waals surface area (Å²) in [5, 5.41) is 3.40. The maximum absolute atomic E-state index is 5.27. The molecule has 0 aromatic rings. The van der Waals surface area contributed by atoms with Gasteiger partial charge in [0.2, 0.25) is 0 Å². The fraction of sp³-hybridized carbons (Fsp3) is 1.00. The van der Waals surface area contributed by atoms with Gasteiger partial charge in [-0.1, -0.05) is 0 Å². The van der Waals surface area contributed by atoms with Crippen molar-refractivity contribution in [3.8, 4) is 0 Å². The molecule has 1 saturated carbocycles. The van der Waals surface area contributed by atoms with Crippen LogP contribution >= 0.6 is 0 Å². The highest BCUT2D eigenvalue weighted by Crippen LogP contribution is 2.25. The molecule has 96 valence electrons. The highest BCUT2D eigenvalue weighted by atomic mass is 16.5. The first kappa shape index (κ1) is 13.9. The molecule has 1 fully saturated rings. The van der Waals surface area contributed by atoms with E-state index in [9.17, 15) is 0 Å². The summed E-state index contributed by atoms with van der Waals surface area (Å²) in [6, 6.07) is 0.823. The van der Waals surface area contributed by atoms with Crippen molar-refractivity contribution in [3.63, 3.8) is 0 Å². The molecule has 0 aliphatic heterocycles. The van der Waals surface area contributed by atoms with Crippen molar-refractivity contribution in [3.05, 3.63) is 0 Å². The number of nitrogens with one attached hydrogen (secondary N) is 1. The van der Waals surface area contributed by atoms with Crippen LogP contribution in [0.25, 0.3) is 0 Å². The lowest BCUT2D eigenvalue weighted by Gasteiger charge is -2.21. The van der Waals surface area contributed by atoms with Crippen LogP contribution in [0.4, 0.5) is 0 Å². The van der Waals surface area contributed by atoms with E-state index in [0.29, 0.717) is 0 Å². The predicted octanol–water partition coefficient (Wildman–Crippen LogP) is 0.723. The summed E-state index contributed by atoms with van der Waals surface area (Å²) in [7, 11) is 1.77. The minimum absolute atomic E-state index is 0.809. The van der Waals surface area contributed by atoms with Crippen LogP contribution in [0.5, 0.6) is 0 Å². The van der Waals surface area contributed by atoms with Crippen LogP contribution in [-0.4, -0.2) is 64.1 Å². The van der Waals surface area contributed by atoms with E-state index in [0.717, 1.165) is 52.0 Å². The van der Waals surface area contributed by atoms with Crippen LogP contribution < -0.4 is 5.32 Å². The number of methoxy groups -OCH3 is 1. The van der Waals surface area contributed by atoms with Gasteiger partial charge in [-0.3, -0.25) is 4.90 Å². The minimum Gasteiger partial charge on any atom is -0.383 e. The van der Waals surface area contributed by atoms with Gasteiger partial charge in [-0.2, -0.15) is 0 Å². The van der Waals surface area contributed by atoms with Gasteiger partial charge in [0.15, 0.2) is 0 Å². The Morgan fingerprint density at radius 3 is 2.62 bits per heavy atom. The van der Waals surface area contributed by atoms with Crippen LogP contribution in [0.1, 0.15) is 19.8 Å². The van der Waals surface area contributed by atoms with Crippen molar-refractivity contribution in [1.82, 2.24) is 10.2 Å². The molecule has 0 heterocycles. The lowest BCUT2D eigenvalue weighted by Crippen LogP contribution is -2.36. The Bertz CT molecular complexity index is 163. The third-order valence-corrected chi connectivity index (χ3v) is 2.85. The van der Waals surface area contributed by atoms with Crippen molar-refractivity contribution >= 4 is 0 Å². The van der Waals surface area contributed by atoms with E-state index in [-0.39, 0.29) is 0 Å². The van der Waals surface area contributed by atoms with E-state index >= 15 is 0 Å². The summed E-state index contributed by atoms with van der Waals surface area (Å²) in [6.45, 7) is 8.69. The molecule has 4 nitrogen and oxygen atoms in total. The van der Waals surface area contributed by atoms with Crippen molar-refractivity contribution < 1.29 is 9.47 Å². The van der Waals surface area contributed by atoms with Crippen molar-refractivity contribution in [2.45, 2.75) is 25.8 Å². The number of nitrogens with zero attached hydrogens (tertiary/aromatic N) is 1. The van der Waals surface area contributed by atoms with Crippen LogP contribution in [0.15, 0.2) is 0 Å². The summed E-state index contributed by atoms with van der Waals surface area (Å²) in [5.41, 5.74) is 0. The predicted molar refractivity (Wildman–Crippen MR) is 65.8 cm³/mol. The molecule has 1 aliphatic carbocycles. The monoisotopic (exact) mass is 230 g/mol. The van der Waals surface area contributed by atoms with Crippen LogP contribution in [0.2, 0.25) is 0 Å². The normalized spacial score (nSPS) is 15.9. The van der Waals surface area contributed by atoms with Gasteiger partial charge < -0.3 is 14.8 Å². The van der Waals surface area contributed by atoms with E-state index < -0.39 is 0 Å². The maximum atomic E-state index is 5.27. The summed E-state index contributed by atoms with van der Waals surface area (Å²) >= 11 is 0. The summed E-state index contributed by atoms with van der Waals surface area (Å²) in [5.74, 6) is 0. The van der Waals surface area contributed by atoms with Crippen molar-refractivity contribution in [1.29, 1.82) is 0 Å². The fourth-order valence-corrected chi connectivity index (χ4v) is 1.76. The second-order valence-corrected chi connectivity index (χ2v) is 4.21. The smallest absolute Gasteiger partial charge is 0.0590 e. The first-order valence-corrected chi connectivity index (χ1v) is 6.40. The summed E-state index contributed by atoms with van der Waals surface area (Å²) in [4.78, 5) is 2.52. The molecule has 0 spiro atoms. The molecule has 1 aliphatic rings. The molecule has 16 heavy (non-hydrogen) atoms. The Balaban J connectivity index is 1.95. The van der Waals surface area contributed by atoms with Gasteiger partial charge in [0, 0.05) is 45.9 Å². The number of hydrogen-bond donors (Lipinski definition) is 1. The molecule has 1 rings (SSSR count). The van der Waals surface area contributed by atoms with Gasteiger partial charge >= 0.3 is 0 Å². The largest absolute Gasteiger partial charge is 0.383 e. The van der Waals surface area contributed by atoms with Gasteiger partial charge in [-0.05, 0) is 19.8 Å². The third kappa shape index (κ3) is 6.43. The molecule has 0 aromatic heterocycles. The third-order valence-electron chi connectivity index (χ3n) is 2.85. The highest BCUT2D eigenvalue weighted by Gasteiger charge is 2.27. The first-order valence-electron chi connectivity index (χ1n) is 6.40. The summed E-state index contributed by atoms with van der Waals surface area (Å²) in [6.07, 6.45) is 2.73. The van der Waals surface area contributed by atoms with Gasteiger partial charge in [-0.15, -0.1) is 0 Å². The average Bonchev–Trinajstić information content (AvgIpc) is 3.11. The zero-order valence-electron chi connectivity index (χ0n) is 10.7. The Labute approximate surface area is 99.3 Å². The second-order valence-electron chi connectivity index (χ2n) is 4.21. The average molecular weight is 230 g/mol. The first-order chi connectivity index (χ1) is 7.88. The quantitative estimate of drug-likeness (QED) is 0.530. The fourth-order valence-electron chi connectivity index (χ4n) is 1.76. The number of hydrogen-bond acceptors (Lipinski definition) is 4. The zero-order valence-corrected chi connectivity index (χ0v) is 10.7. The molecular weight excluding hydrogens is 204 g/mol. The zero-order chi connectivity index (χ0) is 11.6. The number of rotatable bonds is 11. The van der Waals surface area contributed by atoms with Gasteiger partial charge in [0.05, 0.1) is 13.2 Å². The topological polar surface area (TPSA) is 33.7 Å². The maximum Gasteiger partial charge on any atom is 0.0590 e. The molecule has 0 atom stereocenters. The van der Waals surface area contributed by atoms with E-state index in [1.54, 1.807) is 7.11 Å². The molecule has 1 N–H and O–H groups in total. The Morgan fingerprint density at radius 2 is 2.00 bits per heavy atom. The number of ether oxygens (including phenoxy) is 2. The lowest BCUT2D eigenvalue weighted by molar-refractivity contribution is 0.137. The molecule has 0 radical (unpaired) electrons. The molecule has 4 heteroatoms. The lowest BCUT2D eigenvalue weighted by atomic mass is 10.4. The highest BCUT2D eigenvalue weighted by molar-refractivity contribution is 4.84. The molecule has 0 unspecified atom stereocenters. The Kier molecular flexibility index (Phi) is 7.76. The summed E-state index contributed by atoms with van der Waals surface area (Å²) < 4.78 is 10.4. The van der Waals surface area contributed by atoms with E-state index in [1.807, 2.05) is 6.92 Å². The van der Waals surface area contributed by atoms with Crippen LogP contribution in [0, 0.1) is 0 Å². The molecule has 0 aromatic carbocycles. The Hall–Kier alpha value is -0.160. The van der Waals surface area contributed by atoms with Gasteiger partial charge in [0.1, 0.15) is 0 Å². The SMILES string of the molecule is CCOCCNCCN(CCOC)C1CC1. The van der Waals surface area contributed by atoms with Crippen LogP contribution in [-0.2, 0) is 9.47 Å². The molecular formula is C12H26N2O2. The molecule has 0 saturated heterocycles.